The third-order valence-corrected chi connectivity index (χ3v) is 4.77. The molecule has 0 radical (unpaired) electrons. The first kappa shape index (κ1) is 24.6. The molecule has 0 amide bonds. The van der Waals surface area contributed by atoms with Gasteiger partial charge in [-0.2, -0.15) is 8.42 Å². The van der Waals surface area contributed by atoms with E-state index >= 15 is 0 Å². The average molecular weight is 417 g/mol. The van der Waals surface area contributed by atoms with Crippen molar-refractivity contribution >= 4 is 16.1 Å². The number of esters is 1. The van der Waals surface area contributed by atoms with Gasteiger partial charge in [-0.15, -0.1) is 0 Å². The lowest BCUT2D eigenvalue weighted by Crippen LogP contribution is -2.26. The summed E-state index contributed by atoms with van der Waals surface area (Å²) in [5.41, 5.74) is 0.485. The normalized spacial score (nSPS) is 12.1. The lowest BCUT2D eigenvalue weighted by molar-refractivity contribution is -0.160. The van der Waals surface area contributed by atoms with Crippen LogP contribution >= 0.6 is 0 Å². The molecule has 0 saturated carbocycles. The van der Waals surface area contributed by atoms with E-state index in [4.69, 9.17) is 18.4 Å². The summed E-state index contributed by atoms with van der Waals surface area (Å²) >= 11 is 0. The van der Waals surface area contributed by atoms with Crippen LogP contribution in [0.4, 0.5) is 0 Å². The van der Waals surface area contributed by atoms with Crippen molar-refractivity contribution in [2.75, 3.05) is 33.0 Å². The van der Waals surface area contributed by atoms with E-state index in [2.05, 4.69) is 0 Å². The number of aryl methyl sites for hydroxylation is 1. The zero-order chi connectivity index (χ0) is 21.0. The summed E-state index contributed by atoms with van der Waals surface area (Å²) in [6.45, 7) is 8.81. The summed E-state index contributed by atoms with van der Waals surface area (Å²) in [7, 11) is -3.70. The molecule has 0 unspecified atom stereocenters. The molecule has 0 fully saturated rings. The predicted molar refractivity (Wildman–Crippen MR) is 106 cm³/mol. The Morgan fingerprint density at radius 3 is 2.11 bits per heavy atom. The van der Waals surface area contributed by atoms with Gasteiger partial charge in [0.25, 0.3) is 10.1 Å². The van der Waals surface area contributed by atoms with Crippen LogP contribution in [-0.2, 0) is 33.3 Å². The maximum Gasteiger partial charge on any atom is 0.332 e. The smallest absolute Gasteiger partial charge is 0.332 e. The molecule has 28 heavy (non-hydrogen) atoms. The lowest BCUT2D eigenvalue weighted by Gasteiger charge is -2.19. The van der Waals surface area contributed by atoms with Gasteiger partial charge in [-0.05, 0) is 59.1 Å². The second kappa shape index (κ2) is 12.2. The SMILES string of the molecule is Cc1ccc(S(=O)(=O)OCCCCOCCCOCC(=O)OC(C)(C)C)cc1. The molecule has 1 aromatic rings. The molecule has 1 aromatic carbocycles. The second-order valence-electron chi connectivity index (χ2n) is 7.40. The molecule has 0 aliphatic carbocycles. The third kappa shape index (κ3) is 11.4. The molecule has 8 heteroatoms. The lowest BCUT2D eigenvalue weighted by atomic mass is 10.2. The molecule has 7 nitrogen and oxygen atoms in total. The van der Waals surface area contributed by atoms with Gasteiger partial charge in [-0.25, -0.2) is 4.79 Å². The third-order valence-electron chi connectivity index (χ3n) is 3.45. The standard InChI is InChI=1S/C20H32O7S/c1-17-8-10-18(11-9-17)28(22,23)26-15-6-5-12-24-13-7-14-25-16-19(21)27-20(2,3)4/h8-11H,5-7,12-16H2,1-4H3. The Bertz CT molecular complexity index is 676. The van der Waals surface area contributed by atoms with E-state index in [1.165, 1.54) is 0 Å². The fraction of sp³-hybridized carbons (Fsp3) is 0.650. The average Bonchev–Trinajstić information content (AvgIpc) is 2.58. The van der Waals surface area contributed by atoms with Crippen molar-refractivity contribution in [3.8, 4) is 0 Å². The van der Waals surface area contributed by atoms with E-state index in [0.717, 1.165) is 5.56 Å². The van der Waals surface area contributed by atoms with Gasteiger partial charge in [-0.3, -0.25) is 4.18 Å². The van der Waals surface area contributed by atoms with Crippen LogP contribution in [0.15, 0.2) is 29.2 Å². The van der Waals surface area contributed by atoms with Gasteiger partial charge in [0.15, 0.2) is 0 Å². The second-order valence-corrected chi connectivity index (χ2v) is 9.02. The zero-order valence-electron chi connectivity index (χ0n) is 17.2. The number of rotatable bonds is 13. The Morgan fingerprint density at radius 2 is 1.46 bits per heavy atom. The highest BCUT2D eigenvalue weighted by molar-refractivity contribution is 7.86. The van der Waals surface area contributed by atoms with E-state index in [-0.39, 0.29) is 24.1 Å². The highest BCUT2D eigenvalue weighted by Crippen LogP contribution is 2.13. The van der Waals surface area contributed by atoms with Crippen LogP contribution in [0.5, 0.6) is 0 Å². The number of hydrogen-bond donors (Lipinski definition) is 0. The fourth-order valence-corrected chi connectivity index (χ4v) is 3.08. The molecule has 1 rings (SSSR count). The molecule has 0 saturated heterocycles. The predicted octanol–water partition coefficient (Wildman–Crippen LogP) is 3.25. The van der Waals surface area contributed by atoms with Crippen molar-refractivity contribution < 1.29 is 31.6 Å². The molecule has 0 N–H and O–H groups in total. The van der Waals surface area contributed by atoms with E-state index in [0.29, 0.717) is 39.1 Å². The Balaban J connectivity index is 1.99. The zero-order valence-corrected chi connectivity index (χ0v) is 18.0. The molecule has 0 aromatic heterocycles. The topological polar surface area (TPSA) is 88.1 Å². The van der Waals surface area contributed by atoms with E-state index in [1.807, 2.05) is 27.7 Å². The van der Waals surface area contributed by atoms with Crippen molar-refractivity contribution in [1.82, 2.24) is 0 Å². The van der Waals surface area contributed by atoms with Crippen LogP contribution < -0.4 is 0 Å². The van der Waals surface area contributed by atoms with Crippen molar-refractivity contribution in [2.45, 2.75) is 57.5 Å². The van der Waals surface area contributed by atoms with Crippen molar-refractivity contribution in [2.24, 2.45) is 0 Å². The summed E-state index contributed by atoms with van der Waals surface area (Å²) in [6, 6.07) is 6.56. The molecular weight excluding hydrogens is 384 g/mol. The highest BCUT2D eigenvalue weighted by Gasteiger charge is 2.16. The minimum atomic E-state index is -3.70. The van der Waals surface area contributed by atoms with Gasteiger partial charge >= 0.3 is 5.97 Å². The maximum absolute atomic E-state index is 12.0. The number of carbonyl (C=O) groups excluding carboxylic acids is 1. The highest BCUT2D eigenvalue weighted by atomic mass is 32.2. The Kier molecular flexibility index (Phi) is 10.7. The Labute approximate surface area is 168 Å². The van der Waals surface area contributed by atoms with E-state index in [9.17, 15) is 13.2 Å². The van der Waals surface area contributed by atoms with Crippen molar-refractivity contribution in [3.63, 3.8) is 0 Å². The van der Waals surface area contributed by atoms with E-state index in [1.54, 1.807) is 24.3 Å². The van der Waals surface area contributed by atoms with E-state index < -0.39 is 15.7 Å². The van der Waals surface area contributed by atoms with Gasteiger partial charge < -0.3 is 14.2 Å². The first-order valence-corrected chi connectivity index (χ1v) is 10.8. The summed E-state index contributed by atoms with van der Waals surface area (Å²) in [5, 5.41) is 0. The summed E-state index contributed by atoms with van der Waals surface area (Å²) in [5.74, 6) is -0.381. The van der Waals surface area contributed by atoms with Gasteiger partial charge in [0, 0.05) is 19.8 Å². The Morgan fingerprint density at radius 1 is 0.893 bits per heavy atom. The van der Waals surface area contributed by atoms with Gasteiger partial charge in [0.05, 0.1) is 11.5 Å². The molecule has 160 valence electrons. The molecule has 0 heterocycles. The molecule has 0 bridgehead atoms. The monoisotopic (exact) mass is 416 g/mol. The molecular formula is C20H32O7S. The van der Waals surface area contributed by atoms with Crippen LogP contribution in [0.1, 0.15) is 45.6 Å². The number of carbonyl (C=O) groups is 1. The fourth-order valence-electron chi connectivity index (χ4n) is 2.14. The number of unbranched alkanes of at least 4 members (excludes halogenated alkanes) is 1. The summed E-state index contributed by atoms with van der Waals surface area (Å²) in [6.07, 6.45) is 1.95. The first-order chi connectivity index (χ1) is 13.1. The number of hydrogen-bond acceptors (Lipinski definition) is 7. The Hall–Kier alpha value is -1.48. The maximum atomic E-state index is 12.0. The van der Waals surface area contributed by atoms with Crippen LogP contribution in [0.25, 0.3) is 0 Å². The molecule has 0 aliphatic rings. The van der Waals surface area contributed by atoms with Crippen molar-refractivity contribution in [1.29, 1.82) is 0 Å². The minimum absolute atomic E-state index is 0.0654. The number of benzene rings is 1. The molecule has 0 atom stereocenters. The quantitative estimate of drug-likeness (QED) is 0.277. The minimum Gasteiger partial charge on any atom is -0.458 e. The number of ether oxygens (including phenoxy) is 3. The van der Waals surface area contributed by atoms with Crippen LogP contribution in [0.2, 0.25) is 0 Å². The van der Waals surface area contributed by atoms with Crippen molar-refractivity contribution in [3.05, 3.63) is 29.8 Å². The van der Waals surface area contributed by atoms with Crippen LogP contribution in [0, 0.1) is 6.92 Å². The van der Waals surface area contributed by atoms with Gasteiger partial charge in [-0.1, -0.05) is 17.7 Å². The largest absolute Gasteiger partial charge is 0.458 e. The summed E-state index contributed by atoms with van der Waals surface area (Å²) < 4.78 is 44.8. The van der Waals surface area contributed by atoms with Crippen LogP contribution in [0.3, 0.4) is 0 Å². The van der Waals surface area contributed by atoms with Gasteiger partial charge in [0.1, 0.15) is 12.2 Å². The molecule has 0 aliphatic heterocycles. The van der Waals surface area contributed by atoms with Crippen LogP contribution in [-0.4, -0.2) is 53.0 Å². The van der Waals surface area contributed by atoms with Gasteiger partial charge in [0.2, 0.25) is 0 Å². The molecule has 0 spiro atoms. The first-order valence-electron chi connectivity index (χ1n) is 9.43. The summed E-state index contributed by atoms with van der Waals surface area (Å²) in [4.78, 5) is 11.6.